The predicted molar refractivity (Wildman–Crippen MR) is 77.9 cm³/mol. The van der Waals surface area contributed by atoms with Crippen molar-refractivity contribution in [2.45, 2.75) is 44.2 Å². The number of hydrogen-bond acceptors (Lipinski definition) is 3. The zero-order valence-electron chi connectivity index (χ0n) is 12.5. The van der Waals surface area contributed by atoms with E-state index in [1.165, 1.54) is 0 Å². The van der Waals surface area contributed by atoms with Crippen molar-refractivity contribution in [3.63, 3.8) is 0 Å². The summed E-state index contributed by atoms with van der Waals surface area (Å²) in [5, 5.41) is 15.4. The van der Waals surface area contributed by atoms with E-state index in [0.29, 0.717) is 5.92 Å². The number of carbonyl (C=O) groups excluding carboxylic acids is 1. The number of carboxylic acid groups (broad SMARTS) is 1. The fourth-order valence-electron chi connectivity index (χ4n) is 4.52. The van der Waals surface area contributed by atoms with Crippen molar-refractivity contribution in [2.24, 2.45) is 17.8 Å². The monoisotopic (exact) mass is 295 g/mol. The second kappa shape index (κ2) is 5.83. The van der Waals surface area contributed by atoms with Gasteiger partial charge < -0.3 is 20.6 Å². The van der Waals surface area contributed by atoms with Crippen molar-refractivity contribution in [3.05, 3.63) is 0 Å². The van der Waals surface area contributed by atoms with Gasteiger partial charge in [-0.05, 0) is 57.5 Å². The maximum atomic E-state index is 12.2. The van der Waals surface area contributed by atoms with Crippen molar-refractivity contribution in [2.75, 3.05) is 20.1 Å². The number of nitrogens with one attached hydrogen (secondary N) is 2. The first-order valence-electron chi connectivity index (χ1n) is 8.03. The van der Waals surface area contributed by atoms with Crippen LogP contribution in [0.4, 0.5) is 4.79 Å². The number of piperidine rings is 1. The SMILES string of the molecule is CN1CCCC(NC(=O)NC2C3CCC(C3)C2C(=O)O)C1. The Balaban J connectivity index is 1.55. The topological polar surface area (TPSA) is 81.7 Å². The van der Waals surface area contributed by atoms with Gasteiger partial charge in [-0.1, -0.05) is 0 Å². The quantitative estimate of drug-likeness (QED) is 0.722. The summed E-state index contributed by atoms with van der Waals surface area (Å²) in [5.41, 5.74) is 0. The Kier molecular flexibility index (Phi) is 4.06. The maximum Gasteiger partial charge on any atom is 0.315 e. The van der Waals surface area contributed by atoms with Gasteiger partial charge in [-0.25, -0.2) is 4.79 Å². The van der Waals surface area contributed by atoms with Crippen LogP contribution in [0.25, 0.3) is 0 Å². The first kappa shape index (κ1) is 14.6. The fraction of sp³-hybridized carbons (Fsp3) is 0.867. The summed E-state index contributed by atoms with van der Waals surface area (Å²) in [7, 11) is 2.06. The summed E-state index contributed by atoms with van der Waals surface area (Å²) < 4.78 is 0. The molecule has 3 aliphatic rings. The van der Waals surface area contributed by atoms with Gasteiger partial charge >= 0.3 is 12.0 Å². The number of rotatable bonds is 3. The van der Waals surface area contributed by atoms with Crippen LogP contribution in [0.2, 0.25) is 0 Å². The Labute approximate surface area is 125 Å². The molecule has 0 aromatic heterocycles. The van der Waals surface area contributed by atoms with E-state index in [2.05, 4.69) is 22.6 Å². The molecule has 2 amide bonds. The van der Waals surface area contributed by atoms with Gasteiger partial charge in [0.05, 0.1) is 5.92 Å². The second-order valence-corrected chi connectivity index (χ2v) is 6.94. The minimum Gasteiger partial charge on any atom is -0.481 e. The average Bonchev–Trinajstić information content (AvgIpc) is 2.99. The summed E-state index contributed by atoms with van der Waals surface area (Å²) in [6, 6.07) is -0.215. The molecule has 0 aromatic rings. The molecule has 6 nitrogen and oxygen atoms in total. The molecule has 2 aliphatic carbocycles. The highest BCUT2D eigenvalue weighted by Crippen LogP contribution is 2.48. The molecule has 3 fully saturated rings. The number of hydrogen-bond donors (Lipinski definition) is 3. The zero-order chi connectivity index (χ0) is 15.0. The summed E-state index contributed by atoms with van der Waals surface area (Å²) in [4.78, 5) is 25.8. The molecule has 0 radical (unpaired) electrons. The number of amides is 2. The number of carboxylic acids is 1. The van der Waals surface area contributed by atoms with Gasteiger partial charge in [-0.3, -0.25) is 4.79 Å². The first-order chi connectivity index (χ1) is 10.0. The average molecular weight is 295 g/mol. The van der Waals surface area contributed by atoms with E-state index < -0.39 is 11.9 Å². The molecule has 5 unspecified atom stereocenters. The third kappa shape index (κ3) is 3.00. The summed E-state index contributed by atoms with van der Waals surface area (Å²) in [6.45, 7) is 1.94. The van der Waals surface area contributed by atoms with E-state index in [1.807, 2.05) is 0 Å². The summed E-state index contributed by atoms with van der Waals surface area (Å²) in [6.07, 6.45) is 5.08. The van der Waals surface area contributed by atoms with E-state index in [-0.39, 0.29) is 24.0 Å². The van der Waals surface area contributed by atoms with Crippen molar-refractivity contribution in [1.82, 2.24) is 15.5 Å². The predicted octanol–water partition coefficient (Wildman–Crippen LogP) is 0.879. The number of carbonyl (C=O) groups is 2. The number of likely N-dealkylation sites (N-methyl/N-ethyl adjacent to an activating group) is 1. The second-order valence-electron chi connectivity index (χ2n) is 6.94. The minimum absolute atomic E-state index is 0.172. The van der Waals surface area contributed by atoms with Gasteiger partial charge in [0.1, 0.15) is 0 Å². The highest BCUT2D eigenvalue weighted by atomic mass is 16.4. The molecule has 0 aromatic carbocycles. The van der Waals surface area contributed by atoms with Crippen LogP contribution in [0.3, 0.4) is 0 Å². The van der Waals surface area contributed by atoms with E-state index in [1.54, 1.807) is 0 Å². The van der Waals surface area contributed by atoms with Gasteiger partial charge in [-0.2, -0.15) is 0 Å². The van der Waals surface area contributed by atoms with Gasteiger partial charge in [0.2, 0.25) is 0 Å². The first-order valence-corrected chi connectivity index (χ1v) is 8.03. The van der Waals surface area contributed by atoms with Crippen LogP contribution >= 0.6 is 0 Å². The maximum absolute atomic E-state index is 12.2. The molecular formula is C15H25N3O3. The number of aliphatic carboxylic acids is 1. The van der Waals surface area contributed by atoms with Crippen LogP contribution in [0.1, 0.15) is 32.1 Å². The third-order valence-corrected chi connectivity index (χ3v) is 5.46. The van der Waals surface area contributed by atoms with Crippen molar-refractivity contribution < 1.29 is 14.7 Å². The molecule has 1 saturated heterocycles. The lowest BCUT2D eigenvalue weighted by molar-refractivity contribution is -0.144. The van der Waals surface area contributed by atoms with Gasteiger partial charge in [0.15, 0.2) is 0 Å². The Bertz CT molecular complexity index is 428. The zero-order valence-corrected chi connectivity index (χ0v) is 12.5. The molecule has 1 aliphatic heterocycles. The van der Waals surface area contributed by atoms with Crippen LogP contribution in [-0.2, 0) is 4.79 Å². The largest absolute Gasteiger partial charge is 0.481 e. The molecule has 2 saturated carbocycles. The van der Waals surface area contributed by atoms with E-state index >= 15 is 0 Å². The van der Waals surface area contributed by atoms with Crippen LogP contribution < -0.4 is 10.6 Å². The standard InChI is InChI=1S/C15H25N3O3/c1-18-6-2-3-11(8-18)16-15(21)17-13-10-5-4-9(7-10)12(13)14(19)20/h9-13H,2-8H2,1H3,(H,19,20)(H2,16,17,21). The normalized spacial score (nSPS) is 39.2. The number of urea groups is 1. The molecule has 6 heteroatoms. The van der Waals surface area contributed by atoms with Crippen molar-refractivity contribution >= 4 is 12.0 Å². The minimum atomic E-state index is -0.759. The summed E-state index contributed by atoms with van der Waals surface area (Å²) >= 11 is 0. The van der Waals surface area contributed by atoms with E-state index in [9.17, 15) is 14.7 Å². The molecule has 1 heterocycles. The fourth-order valence-corrected chi connectivity index (χ4v) is 4.52. The van der Waals surface area contributed by atoms with Crippen molar-refractivity contribution in [1.29, 1.82) is 0 Å². The molecule has 3 N–H and O–H groups in total. The van der Waals surface area contributed by atoms with Gasteiger partial charge in [0.25, 0.3) is 0 Å². The molecular weight excluding hydrogens is 270 g/mol. The number of nitrogens with zero attached hydrogens (tertiary/aromatic N) is 1. The molecule has 0 spiro atoms. The van der Waals surface area contributed by atoms with E-state index in [0.717, 1.165) is 45.2 Å². The lowest BCUT2D eigenvalue weighted by Gasteiger charge is -2.32. The molecule has 118 valence electrons. The highest BCUT2D eigenvalue weighted by molar-refractivity contribution is 5.77. The number of likely N-dealkylation sites (tertiary alicyclic amines) is 1. The highest BCUT2D eigenvalue weighted by Gasteiger charge is 2.51. The Morgan fingerprint density at radius 2 is 1.90 bits per heavy atom. The van der Waals surface area contributed by atoms with E-state index in [4.69, 9.17) is 0 Å². The number of fused-ring (bicyclic) bond motifs is 2. The molecule has 3 rings (SSSR count). The van der Waals surface area contributed by atoms with Crippen LogP contribution in [-0.4, -0.2) is 54.2 Å². The van der Waals surface area contributed by atoms with Crippen LogP contribution in [0.15, 0.2) is 0 Å². The Morgan fingerprint density at radius 3 is 2.62 bits per heavy atom. The Morgan fingerprint density at radius 1 is 1.14 bits per heavy atom. The van der Waals surface area contributed by atoms with Gasteiger partial charge in [-0.15, -0.1) is 0 Å². The lowest BCUT2D eigenvalue weighted by Crippen LogP contribution is -2.54. The van der Waals surface area contributed by atoms with Crippen LogP contribution in [0.5, 0.6) is 0 Å². The Hall–Kier alpha value is -1.30. The molecule has 2 bridgehead atoms. The van der Waals surface area contributed by atoms with Crippen molar-refractivity contribution in [3.8, 4) is 0 Å². The molecule has 5 atom stereocenters. The molecule has 21 heavy (non-hydrogen) atoms. The lowest BCUT2D eigenvalue weighted by atomic mass is 9.84. The summed E-state index contributed by atoms with van der Waals surface area (Å²) in [5.74, 6) is -0.567. The van der Waals surface area contributed by atoms with Gasteiger partial charge in [0, 0.05) is 18.6 Å². The smallest absolute Gasteiger partial charge is 0.315 e. The van der Waals surface area contributed by atoms with Crippen LogP contribution in [0, 0.1) is 17.8 Å². The third-order valence-electron chi connectivity index (χ3n) is 5.46.